The molecular weight excluding hydrogens is 300 g/mol. The van der Waals surface area contributed by atoms with Gasteiger partial charge in [0.25, 0.3) is 5.69 Å². The maximum atomic E-state index is 12.6. The molecule has 0 amide bonds. The number of nitro benzene ring substituents is 1. The van der Waals surface area contributed by atoms with Crippen molar-refractivity contribution < 1.29 is 18.4 Å². The van der Waals surface area contributed by atoms with Gasteiger partial charge >= 0.3 is 0 Å². The summed E-state index contributed by atoms with van der Waals surface area (Å²) < 4.78 is 26.3. The molecule has 1 fully saturated rings. The monoisotopic (exact) mass is 316 g/mol. The Kier molecular flexibility index (Phi) is 4.42. The molecule has 1 aromatic carbocycles. The van der Waals surface area contributed by atoms with Gasteiger partial charge in [-0.3, -0.25) is 16.0 Å². The Morgan fingerprint density at radius 1 is 1.52 bits per heavy atom. The van der Waals surface area contributed by atoms with Crippen molar-refractivity contribution in [2.24, 2.45) is 5.84 Å². The number of hydrogen-bond donors (Lipinski definition) is 3. The number of aliphatic hydroxyl groups excluding tert-OH is 1. The van der Waals surface area contributed by atoms with Crippen LogP contribution in [0.15, 0.2) is 23.1 Å². The third-order valence-corrected chi connectivity index (χ3v) is 5.44. The van der Waals surface area contributed by atoms with Crippen molar-refractivity contribution in [3.05, 3.63) is 28.3 Å². The Hall–Kier alpha value is -1.75. The van der Waals surface area contributed by atoms with Crippen LogP contribution in [-0.2, 0) is 10.0 Å². The molecule has 1 saturated heterocycles. The van der Waals surface area contributed by atoms with E-state index in [-0.39, 0.29) is 18.8 Å². The van der Waals surface area contributed by atoms with Crippen LogP contribution in [0.2, 0.25) is 0 Å². The summed E-state index contributed by atoms with van der Waals surface area (Å²) in [6, 6.07) is 3.03. The van der Waals surface area contributed by atoms with Crippen LogP contribution in [0.25, 0.3) is 0 Å². The van der Waals surface area contributed by atoms with Crippen LogP contribution in [0.3, 0.4) is 0 Å². The van der Waals surface area contributed by atoms with E-state index in [4.69, 9.17) is 5.84 Å². The Bertz CT molecular complexity index is 648. The Labute approximate surface area is 121 Å². The summed E-state index contributed by atoms with van der Waals surface area (Å²) in [5, 5.41) is 20.3. The number of sulfonamides is 1. The summed E-state index contributed by atoms with van der Waals surface area (Å²) in [6.45, 7) is -0.0723. The van der Waals surface area contributed by atoms with Crippen molar-refractivity contribution >= 4 is 21.4 Å². The normalized spacial score (nSPS) is 19.6. The molecule has 0 spiro atoms. The van der Waals surface area contributed by atoms with Crippen LogP contribution in [0.5, 0.6) is 0 Å². The summed E-state index contributed by atoms with van der Waals surface area (Å²) in [5.41, 5.74) is 1.93. The number of nitrogens with one attached hydrogen (secondary N) is 1. The average Bonchev–Trinajstić information content (AvgIpc) is 2.95. The smallest absolute Gasteiger partial charge is 0.291 e. The zero-order chi connectivity index (χ0) is 15.6. The molecule has 10 heteroatoms. The lowest BCUT2D eigenvalue weighted by atomic mass is 10.2. The lowest BCUT2D eigenvalue weighted by Crippen LogP contribution is -2.37. The van der Waals surface area contributed by atoms with E-state index >= 15 is 0 Å². The molecule has 1 unspecified atom stereocenters. The van der Waals surface area contributed by atoms with Gasteiger partial charge in [0.2, 0.25) is 10.0 Å². The van der Waals surface area contributed by atoms with Gasteiger partial charge in [-0.2, -0.15) is 4.31 Å². The number of benzene rings is 1. The first kappa shape index (κ1) is 15.6. The number of nitro groups is 1. The Morgan fingerprint density at radius 3 is 2.81 bits per heavy atom. The third-order valence-electron chi connectivity index (χ3n) is 3.44. The fourth-order valence-electron chi connectivity index (χ4n) is 2.40. The van der Waals surface area contributed by atoms with Crippen LogP contribution >= 0.6 is 0 Å². The van der Waals surface area contributed by atoms with Gasteiger partial charge in [0.15, 0.2) is 4.90 Å². The first-order valence-electron chi connectivity index (χ1n) is 6.29. The minimum Gasteiger partial charge on any atom is -0.395 e. The van der Waals surface area contributed by atoms with Crippen molar-refractivity contribution in [1.29, 1.82) is 0 Å². The topological polar surface area (TPSA) is 139 Å². The number of rotatable bonds is 5. The predicted molar refractivity (Wildman–Crippen MR) is 74.9 cm³/mol. The second-order valence-corrected chi connectivity index (χ2v) is 6.54. The highest BCUT2D eigenvalue weighted by Crippen LogP contribution is 2.32. The first-order valence-corrected chi connectivity index (χ1v) is 7.73. The molecule has 1 heterocycles. The van der Waals surface area contributed by atoms with E-state index < -0.39 is 31.6 Å². The number of aliphatic hydroxyl groups is 1. The van der Waals surface area contributed by atoms with Crippen LogP contribution in [-0.4, -0.2) is 41.9 Å². The fraction of sp³-hybridized carbons (Fsp3) is 0.455. The number of nitrogen functional groups attached to an aromatic ring is 1. The van der Waals surface area contributed by atoms with E-state index in [9.17, 15) is 23.6 Å². The molecule has 4 N–H and O–H groups in total. The van der Waals surface area contributed by atoms with Crippen molar-refractivity contribution in [3.8, 4) is 0 Å². The Balaban J connectivity index is 2.52. The minimum atomic E-state index is -4.04. The highest BCUT2D eigenvalue weighted by atomic mass is 32.2. The number of hydrogen-bond acceptors (Lipinski definition) is 7. The summed E-state index contributed by atoms with van der Waals surface area (Å²) in [5.74, 6) is 5.18. The largest absolute Gasteiger partial charge is 0.395 e. The quantitative estimate of drug-likeness (QED) is 0.395. The van der Waals surface area contributed by atoms with E-state index in [1.807, 2.05) is 0 Å². The lowest BCUT2D eigenvalue weighted by Gasteiger charge is -2.22. The molecule has 0 aromatic heterocycles. The molecule has 1 atom stereocenters. The van der Waals surface area contributed by atoms with E-state index in [0.29, 0.717) is 12.8 Å². The lowest BCUT2D eigenvalue weighted by molar-refractivity contribution is -0.387. The number of nitrogens with two attached hydrogens (primary N) is 1. The third kappa shape index (κ3) is 2.83. The number of anilines is 1. The molecule has 1 aliphatic rings. The maximum absolute atomic E-state index is 12.6. The molecule has 2 rings (SSSR count). The van der Waals surface area contributed by atoms with Gasteiger partial charge in [-0.15, -0.1) is 0 Å². The van der Waals surface area contributed by atoms with Gasteiger partial charge in [0, 0.05) is 18.7 Å². The molecule has 0 radical (unpaired) electrons. The van der Waals surface area contributed by atoms with E-state index in [1.165, 1.54) is 6.07 Å². The molecule has 1 aromatic rings. The first-order chi connectivity index (χ1) is 9.91. The van der Waals surface area contributed by atoms with Crippen molar-refractivity contribution in [3.63, 3.8) is 0 Å². The highest BCUT2D eigenvalue weighted by Gasteiger charge is 2.38. The minimum absolute atomic E-state index is 0.237. The molecule has 1 aliphatic heterocycles. The Morgan fingerprint density at radius 2 is 2.24 bits per heavy atom. The molecule has 0 saturated carbocycles. The second kappa shape index (κ2) is 5.93. The second-order valence-electron chi connectivity index (χ2n) is 4.68. The fourth-order valence-corrected chi connectivity index (χ4v) is 4.23. The van der Waals surface area contributed by atoms with Crippen LogP contribution in [0.4, 0.5) is 11.4 Å². The molecule has 9 nitrogen and oxygen atoms in total. The van der Waals surface area contributed by atoms with Crippen molar-refractivity contribution in [1.82, 2.24) is 4.31 Å². The molecular formula is C11H16N4O5S. The van der Waals surface area contributed by atoms with Gasteiger partial charge < -0.3 is 10.5 Å². The summed E-state index contributed by atoms with van der Waals surface area (Å²) in [4.78, 5) is 9.94. The molecule has 116 valence electrons. The molecule has 21 heavy (non-hydrogen) atoms. The van der Waals surface area contributed by atoms with Crippen LogP contribution < -0.4 is 11.3 Å². The zero-order valence-electron chi connectivity index (χ0n) is 11.1. The summed E-state index contributed by atoms with van der Waals surface area (Å²) in [6.07, 6.45) is 1.15. The van der Waals surface area contributed by atoms with Crippen molar-refractivity contribution in [2.75, 3.05) is 18.6 Å². The van der Waals surface area contributed by atoms with Gasteiger partial charge in [-0.25, -0.2) is 8.42 Å². The van der Waals surface area contributed by atoms with Crippen LogP contribution in [0, 0.1) is 10.1 Å². The van der Waals surface area contributed by atoms with Gasteiger partial charge in [0.1, 0.15) is 0 Å². The summed E-state index contributed by atoms with van der Waals surface area (Å²) in [7, 11) is -4.04. The van der Waals surface area contributed by atoms with E-state index in [0.717, 1.165) is 16.4 Å². The van der Waals surface area contributed by atoms with Crippen LogP contribution in [0.1, 0.15) is 12.8 Å². The van der Waals surface area contributed by atoms with Crippen molar-refractivity contribution in [2.45, 2.75) is 23.8 Å². The zero-order valence-corrected chi connectivity index (χ0v) is 11.9. The van der Waals surface area contributed by atoms with Gasteiger partial charge in [-0.05, 0) is 25.0 Å². The van der Waals surface area contributed by atoms with E-state index in [2.05, 4.69) is 5.43 Å². The molecule has 0 bridgehead atoms. The van der Waals surface area contributed by atoms with E-state index in [1.54, 1.807) is 0 Å². The predicted octanol–water partition coefficient (Wildman–Crippen LogP) is 0.0258. The average molecular weight is 316 g/mol. The molecule has 0 aliphatic carbocycles. The standard InChI is InChI=1S/C11H16N4O5S/c12-13-8-3-4-11(10(6-8)15(17)18)21(19,20)14-5-1-2-9(14)7-16/h3-4,6,9,13,16H,1-2,5,7,12H2. The summed E-state index contributed by atoms with van der Waals surface area (Å²) >= 11 is 0. The maximum Gasteiger partial charge on any atom is 0.291 e. The highest BCUT2D eigenvalue weighted by molar-refractivity contribution is 7.89. The van der Waals surface area contributed by atoms with Gasteiger partial charge in [-0.1, -0.05) is 0 Å². The number of nitrogens with zero attached hydrogens (tertiary/aromatic N) is 2. The number of hydrazine groups is 1. The van der Waals surface area contributed by atoms with Gasteiger partial charge in [0.05, 0.1) is 17.2 Å². The SMILES string of the molecule is NNc1ccc(S(=O)(=O)N2CCCC2CO)c([N+](=O)[O-])c1.